The number of nitrogens with zero attached hydrogens (tertiary/aromatic N) is 1. The van der Waals surface area contributed by atoms with E-state index in [0.717, 1.165) is 64.6 Å². The molecule has 7 nitrogen and oxygen atoms in total. The Kier molecular flexibility index (Phi) is 8.65. The predicted octanol–water partition coefficient (Wildman–Crippen LogP) is 8.58. The van der Waals surface area contributed by atoms with Crippen molar-refractivity contribution in [2.75, 3.05) is 18.6 Å². The van der Waals surface area contributed by atoms with E-state index in [4.69, 9.17) is 4.74 Å². The lowest BCUT2D eigenvalue weighted by Crippen LogP contribution is -2.62. The molecule has 0 saturated heterocycles. The van der Waals surface area contributed by atoms with Gasteiger partial charge in [-0.1, -0.05) is 51.2 Å². The molecule has 8 rings (SSSR count). The maximum atomic E-state index is 14.9. The van der Waals surface area contributed by atoms with Crippen LogP contribution in [0.25, 0.3) is 16.5 Å². The molecule has 0 bridgehead atoms. The minimum absolute atomic E-state index is 0.0366. The van der Waals surface area contributed by atoms with Crippen LogP contribution in [0.1, 0.15) is 133 Å². The molecule has 290 valence electrons. The molecule has 9 unspecified atom stereocenters. The molecule has 0 radical (unpaired) electrons. The fraction of sp³-hybridized carbons (Fsp3) is 0.609. The number of rotatable bonds is 7. The largest absolute Gasteiger partial charge is 0.392 e. The lowest BCUT2D eigenvalue weighted by Gasteiger charge is -2.64. The summed E-state index contributed by atoms with van der Waals surface area (Å²) in [5.74, 6) is 1.15. The fourth-order valence-electron chi connectivity index (χ4n) is 13.0. The minimum Gasteiger partial charge on any atom is -0.392 e. The molecule has 9 atom stereocenters. The smallest absolute Gasteiger partial charge is 0.246 e. The Morgan fingerprint density at radius 1 is 1.11 bits per heavy atom. The third-order valence-electron chi connectivity index (χ3n) is 15.4. The maximum Gasteiger partial charge on any atom is 0.246 e. The van der Waals surface area contributed by atoms with Gasteiger partial charge < -0.3 is 24.8 Å². The van der Waals surface area contributed by atoms with Crippen molar-refractivity contribution in [1.29, 1.82) is 0 Å². The van der Waals surface area contributed by atoms with Gasteiger partial charge in [0, 0.05) is 51.3 Å². The molecule has 2 aromatic rings. The molecule has 1 aromatic heterocycles. The van der Waals surface area contributed by atoms with Gasteiger partial charge in [-0.05, 0) is 126 Å². The van der Waals surface area contributed by atoms with E-state index >= 15 is 0 Å². The van der Waals surface area contributed by atoms with Gasteiger partial charge in [0.1, 0.15) is 6.04 Å². The minimum atomic E-state index is -0.853. The molecule has 54 heavy (non-hydrogen) atoms. The summed E-state index contributed by atoms with van der Waals surface area (Å²) in [5, 5.41) is 28.2. The first kappa shape index (κ1) is 38.0. The van der Waals surface area contributed by atoms with Gasteiger partial charge in [0.2, 0.25) is 5.91 Å². The molecule has 1 amide bonds. The third-order valence-corrected chi connectivity index (χ3v) is 16.0. The number of aliphatic hydroxyl groups is 2. The molecule has 6 aliphatic rings. The lowest BCUT2D eigenvalue weighted by atomic mass is 9.40. The number of ketones is 1. The molecular weight excluding hydrogens is 693 g/mol. The fourth-order valence-corrected chi connectivity index (χ4v) is 13.3. The number of nitrogens with one attached hydrogen (secondary N) is 1. The van der Waals surface area contributed by atoms with Crippen LogP contribution in [0.15, 0.2) is 48.1 Å². The average molecular weight is 753 g/mol. The van der Waals surface area contributed by atoms with Crippen LogP contribution in [0.4, 0.5) is 0 Å². The normalized spacial score (nSPS) is 37.1. The second-order valence-electron chi connectivity index (χ2n) is 19.3. The highest BCUT2D eigenvalue weighted by atomic mass is 32.2. The number of Topliss-reactive ketones (excluding diaryl/α,β-unsaturated/α-hetero) is 1. The Hall–Kier alpha value is -2.91. The molecule has 2 fully saturated rings. The van der Waals surface area contributed by atoms with E-state index in [1.165, 1.54) is 11.3 Å². The summed E-state index contributed by atoms with van der Waals surface area (Å²) in [6.45, 7) is 24.3. The van der Waals surface area contributed by atoms with Gasteiger partial charge in [-0.2, -0.15) is 11.8 Å². The highest BCUT2D eigenvalue weighted by molar-refractivity contribution is 7.98. The lowest BCUT2D eigenvalue weighted by molar-refractivity contribution is -0.144. The number of thioether (sulfide) groups is 1. The summed E-state index contributed by atoms with van der Waals surface area (Å²) in [4.78, 5) is 27.7. The number of aromatic nitrogens is 1. The van der Waals surface area contributed by atoms with Crippen molar-refractivity contribution in [2.45, 2.75) is 129 Å². The number of hydrogen-bond acceptors (Lipinski definition) is 6. The number of fused-ring (bicyclic) bond motifs is 11. The number of ether oxygens (including phenoxy) is 1. The number of aliphatic hydroxyl groups excluding tert-OH is 2. The van der Waals surface area contributed by atoms with Gasteiger partial charge in [0.05, 0.1) is 34.5 Å². The Balaban J connectivity index is 1.28. The summed E-state index contributed by atoms with van der Waals surface area (Å²) in [6, 6.07) is 1.78. The van der Waals surface area contributed by atoms with Gasteiger partial charge in [0.25, 0.3) is 0 Å². The van der Waals surface area contributed by atoms with E-state index < -0.39 is 34.9 Å². The molecular formula is C46H60N2O5S. The van der Waals surface area contributed by atoms with E-state index in [2.05, 4.69) is 83.1 Å². The number of allylic oxidation sites excluding steroid dienone is 3. The van der Waals surface area contributed by atoms with E-state index in [9.17, 15) is 19.8 Å². The van der Waals surface area contributed by atoms with Crippen molar-refractivity contribution in [3.05, 3.63) is 76.0 Å². The zero-order valence-electron chi connectivity index (χ0n) is 34.0. The van der Waals surface area contributed by atoms with E-state index in [1.807, 2.05) is 32.3 Å². The summed E-state index contributed by atoms with van der Waals surface area (Å²) in [5.41, 5.74) is 6.47. The molecule has 3 heterocycles. The van der Waals surface area contributed by atoms with E-state index in [1.54, 1.807) is 11.8 Å². The highest BCUT2D eigenvalue weighted by Crippen LogP contribution is 2.71. The number of carbonyl (C=O) groups is 2. The van der Waals surface area contributed by atoms with Crippen LogP contribution in [0.3, 0.4) is 0 Å². The van der Waals surface area contributed by atoms with Crippen molar-refractivity contribution >= 4 is 39.9 Å². The van der Waals surface area contributed by atoms with Crippen LogP contribution in [0.5, 0.6) is 0 Å². The van der Waals surface area contributed by atoms with Crippen LogP contribution in [0, 0.1) is 28.6 Å². The number of benzene rings is 1. The summed E-state index contributed by atoms with van der Waals surface area (Å²) in [7, 11) is 0. The molecule has 2 aliphatic heterocycles. The number of hydrogen-bond donors (Lipinski definition) is 3. The van der Waals surface area contributed by atoms with Gasteiger partial charge in [-0.15, -0.1) is 0 Å². The van der Waals surface area contributed by atoms with Crippen LogP contribution in [-0.2, 0) is 21.4 Å². The SMILES string of the molecule is C=C(C)C1C(=O)c2c3c(cc4c5c(n1c24)C1(C)C(CCC2C(C)(/C=C/C=C(\C)C(=O)NCCSC)C(O)CCC21C)C5)C1=CC(C)(C)OC(C)(C)C1C3O. The number of carbonyl (C=O) groups excluding carboxylic acids is 2. The maximum absolute atomic E-state index is 14.9. The molecule has 8 heteroatoms. The first-order chi connectivity index (χ1) is 25.2. The average Bonchev–Trinajstić information content (AvgIpc) is 3.75. The van der Waals surface area contributed by atoms with Gasteiger partial charge in [0.15, 0.2) is 5.78 Å². The second-order valence-corrected chi connectivity index (χ2v) is 20.3. The van der Waals surface area contributed by atoms with Crippen molar-refractivity contribution in [3.8, 4) is 0 Å². The third kappa shape index (κ3) is 4.91. The van der Waals surface area contributed by atoms with Crippen LogP contribution in [-0.4, -0.2) is 62.3 Å². The molecule has 4 aliphatic carbocycles. The van der Waals surface area contributed by atoms with Gasteiger partial charge in [-0.3, -0.25) is 9.59 Å². The molecule has 2 saturated carbocycles. The standard InChI is InChI=1S/C46H60N2O5S/c1-24(2)36-39(51)34-33-27(30-23-42(4,5)53-43(6,7)35(30)38(33)50)22-28-29-21-26-14-15-31-44(8,17-12-13-25(3)41(52)47-19-20-54-11)32(49)16-18-45(31,9)46(26,10)40(29)48(36)37(28)34/h12-13,17,22-23,26,31-32,35-36,38,49-50H,1,14-16,18-21H2,2-11H3,(H,47,52)/b17-12+,25-13+. The zero-order chi connectivity index (χ0) is 39.1. The Morgan fingerprint density at radius 2 is 1.83 bits per heavy atom. The van der Waals surface area contributed by atoms with Crippen molar-refractivity contribution in [2.24, 2.45) is 28.6 Å². The van der Waals surface area contributed by atoms with Crippen LogP contribution in [0.2, 0.25) is 0 Å². The zero-order valence-corrected chi connectivity index (χ0v) is 34.8. The molecule has 3 N–H and O–H groups in total. The first-order valence-electron chi connectivity index (χ1n) is 20.1. The Labute approximate surface area is 325 Å². The summed E-state index contributed by atoms with van der Waals surface area (Å²) in [6.07, 6.45) is 13.4. The van der Waals surface area contributed by atoms with E-state index in [0.29, 0.717) is 30.0 Å². The quantitative estimate of drug-likeness (QED) is 0.113. The van der Waals surface area contributed by atoms with Gasteiger partial charge >= 0.3 is 0 Å². The van der Waals surface area contributed by atoms with Crippen molar-refractivity contribution in [1.82, 2.24) is 9.88 Å². The second kappa shape index (κ2) is 12.3. The summed E-state index contributed by atoms with van der Waals surface area (Å²) < 4.78 is 8.91. The van der Waals surface area contributed by atoms with E-state index in [-0.39, 0.29) is 34.4 Å². The topological polar surface area (TPSA) is 101 Å². The van der Waals surface area contributed by atoms with Gasteiger partial charge in [-0.25, -0.2) is 0 Å². The van der Waals surface area contributed by atoms with Crippen LogP contribution < -0.4 is 5.32 Å². The molecule has 0 spiro atoms. The highest BCUT2D eigenvalue weighted by Gasteiger charge is 2.67. The Bertz CT molecular complexity index is 2100. The van der Waals surface area contributed by atoms with Crippen molar-refractivity contribution in [3.63, 3.8) is 0 Å². The van der Waals surface area contributed by atoms with Crippen molar-refractivity contribution < 1.29 is 24.5 Å². The monoisotopic (exact) mass is 752 g/mol. The predicted molar refractivity (Wildman–Crippen MR) is 219 cm³/mol. The Morgan fingerprint density at radius 3 is 2.52 bits per heavy atom. The first-order valence-corrected chi connectivity index (χ1v) is 21.5. The summed E-state index contributed by atoms with van der Waals surface area (Å²) >= 11 is 1.71. The molecule has 1 aromatic carbocycles. The number of amides is 1. The van der Waals surface area contributed by atoms with Crippen LogP contribution >= 0.6 is 11.8 Å².